The van der Waals surface area contributed by atoms with Crippen molar-refractivity contribution in [3.05, 3.63) is 45.6 Å². The monoisotopic (exact) mass is 428 g/mol. The standard InChI is InChI=1S/C19H22Cl2N2O5/c1-19(2,3)28-18(26)11-27-16-9-14(6-7-17(24)25)23(22-16)10-12-4-5-13(20)8-15(12)21/h4-5,8-9H,6-7,10-11H2,1-3H3,(H,24,25). The van der Waals surface area contributed by atoms with Crippen molar-refractivity contribution in [1.29, 1.82) is 0 Å². The van der Waals surface area contributed by atoms with Gasteiger partial charge in [0.25, 0.3) is 0 Å². The van der Waals surface area contributed by atoms with Crippen LogP contribution in [0.2, 0.25) is 10.0 Å². The number of hydrogen-bond acceptors (Lipinski definition) is 5. The summed E-state index contributed by atoms with van der Waals surface area (Å²) in [5.74, 6) is -1.24. The normalized spacial score (nSPS) is 11.3. The van der Waals surface area contributed by atoms with E-state index in [1.165, 1.54) is 0 Å². The summed E-state index contributed by atoms with van der Waals surface area (Å²) < 4.78 is 12.2. The zero-order valence-electron chi connectivity index (χ0n) is 15.9. The molecule has 0 aliphatic rings. The molecule has 0 aliphatic carbocycles. The molecule has 0 bridgehead atoms. The first kappa shape index (κ1) is 22.0. The molecule has 2 rings (SSSR count). The van der Waals surface area contributed by atoms with Crippen molar-refractivity contribution in [2.75, 3.05) is 6.61 Å². The third-order valence-electron chi connectivity index (χ3n) is 3.53. The highest BCUT2D eigenvalue weighted by Gasteiger charge is 2.18. The zero-order chi connectivity index (χ0) is 20.9. The molecule has 0 unspecified atom stereocenters. The molecule has 1 aromatic carbocycles. The van der Waals surface area contributed by atoms with E-state index in [4.69, 9.17) is 37.8 Å². The number of carboxylic acid groups (broad SMARTS) is 1. The fraction of sp³-hybridized carbons (Fsp3) is 0.421. The van der Waals surface area contributed by atoms with E-state index in [0.717, 1.165) is 5.56 Å². The van der Waals surface area contributed by atoms with E-state index in [1.54, 1.807) is 49.7 Å². The van der Waals surface area contributed by atoms with Gasteiger partial charge in [-0.3, -0.25) is 9.48 Å². The number of carbonyl (C=O) groups excluding carboxylic acids is 1. The van der Waals surface area contributed by atoms with Gasteiger partial charge in [0.15, 0.2) is 6.61 Å². The molecule has 152 valence electrons. The molecule has 0 amide bonds. The first-order valence-electron chi connectivity index (χ1n) is 8.60. The van der Waals surface area contributed by atoms with Gasteiger partial charge in [0.1, 0.15) is 5.60 Å². The Balaban J connectivity index is 2.15. The lowest BCUT2D eigenvalue weighted by atomic mass is 10.2. The topological polar surface area (TPSA) is 90.6 Å². The molecule has 0 atom stereocenters. The number of aromatic nitrogens is 2. The molecule has 28 heavy (non-hydrogen) atoms. The average molecular weight is 429 g/mol. The number of carboxylic acids is 1. The van der Waals surface area contributed by atoms with E-state index in [0.29, 0.717) is 22.3 Å². The van der Waals surface area contributed by atoms with E-state index in [9.17, 15) is 9.59 Å². The second kappa shape index (κ2) is 9.30. The van der Waals surface area contributed by atoms with Gasteiger partial charge in [-0.15, -0.1) is 5.10 Å². The van der Waals surface area contributed by atoms with Crippen LogP contribution >= 0.6 is 23.2 Å². The van der Waals surface area contributed by atoms with Crippen LogP contribution in [0.25, 0.3) is 0 Å². The van der Waals surface area contributed by atoms with Crippen LogP contribution in [0.5, 0.6) is 5.88 Å². The maximum absolute atomic E-state index is 11.8. The molecule has 0 spiro atoms. The molecule has 0 saturated carbocycles. The van der Waals surface area contributed by atoms with Crippen LogP contribution in [0.3, 0.4) is 0 Å². The Morgan fingerprint density at radius 1 is 1.21 bits per heavy atom. The van der Waals surface area contributed by atoms with Gasteiger partial charge in [0, 0.05) is 21.8 Å². The summed E-state index contributed by atoms with van der Waals surface area (Å²) in [5.41, 5.74) is 0.801. The van der Waals surface area contributed by atoms with Crippen LogP contribution in [-0.2, 0) is 27.3 Å². The van der Waals surface area contributed by atoms with E-state index < -0.39 is 17.5 Å². The van der Waals surface area contributed by atoms with Gasteiger partial charge in [-0.2, -0.15) is 0 Å². The number of aliphatic carboxylic acids is 1. The highest BCUT2D eigenvalue weighted by atomic mass is 35.5. The fourth-order valence-electron chi connectivity index (χ4n) is 2.39. The van der Waals surface area contributed by atoms with Crippen molar-refractivity contribution in [3.8, 4) is 5.88 Å². The minimum Gasteiger partial charge on any atom is -0.481 e. The minimum absolute atomic E-state index is 0.0639. The fourth-order valence-corrected chi connectivity index (χ4v) is 2.86. The van der Waals surface area contributed by atoms with Crippen LogP contribution in [0.1, 0.15) is 38.4 Å². The molecule has 9 heteroatoms. The molecular formula is C19H22Cl2N2O5. The summed E-state index contributed by atoms with van der Waals surface area (Å²) in [4.78, 5) is 22.7. The number of aryl methyl sites for hydroxylation is 1. The second-order valence-corrected chi connectivity index (χ2v) is 7.98. The minimum atomic E-state index is -0.923. The van der Waals surface area contributed by atoms with E-state index in [-0.39, 0.29) is 25.3 Å². The van der Waals surface area contributed by atoms with Gasteiger partial charge in [-0.25, -0.2) is 4.79 Å². The maximum Gasteiger partial charge on any atom is 0.344 e. The summed E-state index contributed by atoms with van der Waals surface area (Å²) in [6, 6.07) is 6.72. The molecule has 2 aromatic rings. The molecule has 7 nitrogen and oxygen atoms in total. The van der Waals surface area contributed by atoms with Crippen LogP contribution in [0.4, 0.5) is 0 Å². The highest BCUT2D eigenvalue weighted by Crippen LogP contribution is 2.23. The van der Waals surface area contributed by atoms with Gasteiger partial charge < -0.3 is 14.6 Å². The molecule has 1 N–H and O–H groups in total. The van der Waals surface area contributed by atoms with E-state index in [1.807, 2.05) is 0 Å². The summed E-state index contributed by atoms with van der Waals surface area (Å²) >= 11 is 12.1. The Labute approximate surface area is 173 Å². The zero-order valence-corrected chi connectivity index (χ0v) is 17.4. The molecule has 1 heterocycles. The Kier molecular flexibility index (Phi) is 7.32. The number of carbonyl (C=O) groups is 2. The van der Waals surface area contributed by atoms with Crippen molar-refractivity contribution in [2.45, 2.75) is 45.8 Å². The van der Waals surface area contributed by atoms with E-state index in [2.05, 4.69) is 5.10 Å². The van der Waals surface area contributed by atoms with Crippen LogP contribution in [0.15, 0.2) is 24.3 Å². The van der Waals surface area contributed by atoms with Crippen molar-refractivity contribution in [3.63, 3.8) is 0 Å². The van der Waals surface area contributed by atoms with Gasteiger partial charge in [-0.05, 0) is 44.9 Å². The largest absolute Gasteiger partial charge is 0.481 e. The number of rotatable bonds is 8. The number of benzene rings is 1. The first-order chi connectivity index (χ1) is 13.0. The summed E-state index contributed by atoms with van der Waals surface area (Å²) in [6.45, 7) is 5.30. The molecule has 0 aliphatic heterocycles. The Morgan fingerprint density at radius 3 is 2.54 bits per heavy atom. The number of nitrogens with zero attached hydrogens (tertiary/aromatic N) is 2. The lowest BCUT2D eigenvalue weighted by Gasteiger charge is -2.19. The predicted molar refractivity (Wildman–Crippen MR) is 105 cm³/mol. The molecule has 0 saturated heterocycles. The van der Waals surface area contributed by atoms with Gasteiger partial charge >= 0.3 is 11.9 Å². The Hall–Kier alpha value is -2.25. The Bertz CT molecular complexity index is 858. The van der Waals surface area contributed by atoms with Crippen LogP contribution in [-0.4, -0.2) is 39.0 Å². The SMILES string of the molecule is CC(C)(C)OC(=O)COc1cc(CCC(=O)O)n(Cc2ccc(Cl)cc2Cl)n1. The lowest BCUT2D eigenvalue weighted by Crippen LogP contribution is -2.27. The van der Waals surface area contributed by atoms with Gasteiger partial charge in [0.05, 0.1) is 13.0 Å². The number of hydrogen-bond donors (Lipinski definition) is 1. The third-order valence-corrected chi connectivity index (χ3v) is 4.12. The first-order valence-corrected chi connectivity index (χ1v) is 9.36. The second-order valence-electron chi connectivity index (χ2n) is 7.14. The smallest absolute Gasteiger partial charge is 0.344 e. The third kappa shape index (κ3) is 7.05. The quantitative estimate of drug-likeness (QED) is 0.639. The van der Waals surface area contributed by atoms with Crippen molar-refractivity contribution >= 4 is 35.1 Å². The molecule has 0 radical (unpaired) electrons. The molecular weight excluding hydrogens is 407 g/mol. The molecule has 0 fully saturated rings. The van der Waals surface area contributed by atoms with Crippen molar-refractivity contribution in [2.24, 2.45) is 0 Å². The average Bonchev–Trinajstić information content (AvgIpc) is 2.94. The number of ether oxygens (including phenoxy) is 2. The van der Waals surface area contributed by atoms with Crippen LogP contribution in [0, 0.1) is 0 Å². The maximum atomic E-state index is 11.8. The lowest BCUT2D eigenvalue weighted by molar-refractivity contribution is -0.157. The Morgan fingerprint density at radius 2 is 1.93 bits per heavy atom. The highest BCUT2D eigenvalue weighted by molar-refractivity contribution is 6.35. The van der Waals surface area contributed by atoms with E-state index >= 15 is 0 Å². The van der Waals surface area contributed by atoms with Crippen LogP contribution < -0.4 is 4.74 Å². The predicted octanol–water partition coefficient (Wildman–Crippen LogP) is 3.98. The van der Waals surface area contributed by atoms with Crippen molar-refractivity contribution in [1.82, 2.24) is 9.78 Å². The van der Waals surface area contributed by atoms with Crippen molar-refractivity contribution < 1.29 is 24.2 Å². The summed E-state index contributed by atoms with van der Waals surface area (Å²) in [7, 11) is 0. The number of esters is 1. The van der Waals surface area contributed by atoms with Gasteiger partial charge in [-0.1, -0.05) is 29.3 Å². The summed E-state index contributed by atoms with van der Waals surface area (Å²) in [6.07, 6.45) is 0.189. The molecule has 1 aromatic heterocycles. The number of halogens is 2. The summed E-state index contributed by atoms with van der Waals surface area (Å²) in [5, 5.41) is 14.3. The van der Waals surface area contributed by atoms with Gasteiger partial charge in [0.2, 0.25) is 5.88 Å².